The first-order chi connectivity index (χ1) is 9.87. The fourth-order valence-corrected chi connectivity index (χ4v) is 4.21. The quantitative estimate of drug-likeness (QED) is 0.819. The Balaban J connectivity index is 2.04. The lowest BCUT2D eigenvalue weighted by Gasteiger charge is -2.48. The molecule has 0 radical (unpaired) electrons. The van der Waals surface area contributed by atoms with Crippen molar-refractivity contribution in [3.63, 3.8) is 0 Å². The second kappa shape index (κ2) is 4.32. The monoisotopic (exact) mass is 261 g/mol. The average Bonchev–Trinajstić information content (AvgIpc) is 2.54. The number of hydrogen-bond acceptors (Lipinski definition) is 1. The van der Waals surface area contributed by atoms with Gasteiger partial charge in [0.05, 0.1) is 0 Å². The summed E-state index contributed by atoms with van der Waals surface area (Å²) in [5.41, 5.74) is 11.8. The van der Waals surface area contributed by atoms with Crippen molar-refractivity contribution < 1.29 is 0 Å². The molecule has 1 heteroatoms. The number of nitrogens with two attached hydrogens (primary N) is 1. The third-order valence-electron chi connectivity index (χ3n) is 5.00. The molecule has 0 fully saturated rings. The van der Waals surface area contributed by atoms with Crippen molar-refractivity contribution in [2.75, 3.05) is 6.54 Å². The molecule has 5 rings (SSSR count). The fourth-order valence-electron chi connectivity index (χ4n) is 4.21. The number of hydrogen-bond donors (Lipinski definition) is 1. The lowest BCUT2D eigenvalue weighted by atomic mass is 9.55. The van der Waals surface area contributed by atoms with E-state index >= 15 is 0 Å². The molecule has 0 aliphatic heterocycles. The average molecular weight is 261 g/mol. The predicted molar refractivity (Wildman–Crippen MR) is 82.9 cm³/mol. The molecular weight excluding hydrogens is 242 g/mol. The summed E-state index contributed by atoms with van der Waals surface area (Å²) in [6.45, 7) is 0.607. The van der Waals surface area contributed by atoms with Gasteiger partial charge in [-0.3, -0.25) is 0 Å². The van der Waals surface area contributed by atoms with Crippen molar-refractivity contribution in [2.45, 2.75) is 24.2 Å². The van der Waals surface area contributed by atoms with Gasteiger partial charge in [-0.05, 0) is 35.1 Å². The summed E-state index contributed by atoms with van der Waals surface area (Å²) in [5.74, 6) is 0.579. The van der Waals surface area contributed by atoms with E-state index in [0.717, 1.165) is 0 Å². The summed E-state index contributed by atoms with van der Waals surface area (Å²) in [4.78, 5) is 0. The van der Waals surface area contributed by atoms with E-state index < -0.39 is 0 Å². The van der Waals surface area contributed by atoms with Gasteiger partial charge in [0.25, 0.3) is 0 Å². The smallest absolute Gasteiger partial charge is 0.0388 e. The molecule has 2 N–H and O–H groups in total. The molecule has 0 spiro atoms. The number of rotatable bonds is 2. The standard InChI is InChI=1S/C19H19N/c20-13-5-11-19-12-10-14(15-6-1-3-8-17(15)19)16-7-2-4-9-18(16)19/h1-9,11,14H,10,12-13,20H2/b11-5+. The van der Waals surface area contributed by atoms with Gasteiger partial charge in [-0.1, -0.05) is 60.7 Å². The van der Waals surface area contributed by atoms with E-state index in [2.05, 4.69) is 60.7 Å². The van der Waals surface area contributed by atoms with Crippen molar-refractivity contribution in [1.82, 2.24) is 0 Å². The number of benzene rings is 2. The van der Waals surface area contributed by atoms with Crippen LogP contribution in [0, 0.1) is 0 Å². The van der Waals surface area contributed by atoms with Crippen molar-refractivity contribution in [2.24, 2.45) is 5.73 Å². The maximum Gasteiger partial charge on any atom is 0.0388 e. The minimum Gasteiger partial charge on any atom is -0.327 e. The highest BCUT2D eigenvalue weighted by atomic mass is 14.5. The van der Waals surface area contributed by atoms with E-state index in [0.29, 0.717) is 12.5 Å². The topological polar surface area (TPSA) is 26.0 Å². The SMILES string of the molecule is NC/C=C/C12CCC(c3ccccc31)c1ccccc12. The summed E-state index contributed by atoms with van der Waals surface area (Å²) in [7, 11) is 0. The number of fused-ring (bicyclic) bond motifs is 1. The third-order valence-corrected chi connectivity index (χ3v) is 5.00. The fraction of sp³-hybridized carbons (Fsp3) is 0.263. The van der Waals surface area contributed by atoms with Crippen LogP contribution in [0.4, 0.5) is 0 Å². The first-order valence-corrected chi connectivity index (χ1v) is 7.43. The molecule has 0 amide bonds. The molecule has 0 saturated carbocycles. The summed E-state index contributed by atoms with van der Waals surface area (Å²) in [6.07, 6.45) is 6.91. The van der Waals surface area contributed by atoms with E-state index in [1.165, 1.54) is 35.1 Å². The van der Waals surface area contributed by atoms with Crippen molar-refractivity contribution in [3.8, 4) is 0 Å². The Morgan fingerprint density at radius 2 is 1.60 bits per heavy atom. The maximum atomic E-state index is 5.73. The minimum absolute atomic E-state index is 0.0430. The Labute approximate surface area is 120 Å². The maximum absolute atomic E-state index is 5.73. The van der Waals surface area contributed by atoms with E-state index in [1.54, 1.807) is 0 Å². The van der Waals surface area contributed by atoms with Crippen LogP contribution >= 0.6 is 0 Å². The van der Waals surface area contributed by atoms with Crippen molar-refractivity contribution >= 4 is 0 Å². The van der Waals surface area contributed by atoms with E-state index in [4.69, 9.17) is 5.73 Å². The highest BCUT2D eigenvalue weighted by molar-refractivity contribution is 5.61. The second-order valence-electron chi connectivity index (χ2n) is 5.88. The highest BCUT2D eigenvalue weighted by Gasteiger charge is 2.46. The summed E-state index contributed by atoms with van der Waals surface area (Å²) in [6, 6.07) is 17.9. The molecule has 1 nitrogen and oxygen atoms in total. The first-order valence-electron chi connectivity index (χ1n) is 7.43. The Kier molecular flexibility index (Phi) is 2.58. The molecule has 0 unspecified atom stereocenters. The summed E-state index contributed by atoms with van der Waals surface area (Å²) < 4.78 is 0. The normalized spacial score (nSPS) is 26.6. The van der Waals surface area contributed by atoms with E-state index in [-0.39, 0.29) is 5.41 Å². The molecule has 0 heterocycles. The molecule has 0 aromatic heterocycles. The largest absolute Gasteiger partial charge is 0.327 e. The Hall–Kier alpha value is -1.86. The van der Waals surface area contributed by atoms with Crippen LogP contribution in [0.25, 0.3) is 0 Å². The van der Waals surface area contributed by atoms with Crippen LogP contribution in [-0.2, 0) is 5.41 Å². The van der Waals surface area contributed by atoms with Gasteiger partial charge in [-0.15, -0.1) is 0 Å². The molecular formula is C19H19N. The lowest BCUT2D eigenvalue weighted by molar-refractivity contribution is 0.439. The van der Waals surface area contributed by atoms with Crippen LogP contribution in [0.2, 0.25) is 0 Å². The Bertz CT molecular complexity index is 636. The van der Waals surface area contributed by atoms with Crippen LogP contribution in [0.3, 0.4) is 0 Å². The zero-order valence-electron chi connectivity index (χ0n) is 11.5. The molecule has 2 bridgehead atoms. The van der Waals surface area contributed by atoms with Gasteiger partial charge >= 0.3 is 0 Å². The van der Waals surface area contributed by atoms with Crippen molar-refractivity contribution in [1.29, 1.82) is 0 Å². The van der Waals surface area contributed by atoms with Crippen LogP contribution < -0.4 is 5.73 Å². The zero-order chi connectivity index (χ0) is 13.6. The van der Waals surface area contributed by atoms with Crippen LogP contribution in [0.15, 0.2) is 60.7 Å². The molecule has 3 aliphatic rings. The zero-order valence-corrected chi connectivity index (χ0v) is 11.5. The molecule has 2 aromatic rings. The van der Waals surface area contributed by atoms with Gasteiger partial charge in [0, 0.05) is 17.9 Å². The second-order valence-corrected chi connectivity index (χ2v) is 5.88. The van der Waals surface area contributed by atoms with Crippen LogP contribution in [-0.4, -0.2) is 6.54 Å². The molecule has 2 aromatic carbocycles. The van der Waals surface area contributed by atoms with Gasteiger partial charge in [0.1, 0.15) is 0 Å². The lowest BCUT2D eigenvalue weighted by Crippen LogP contribution is -2.38. The van der Waals surface area contributed by atoms with Gasteiger partial charge in [-0.2, -0.15) is 0 Å². The van der Waals surface area contributed by atoms with Gasteiger partial charge in [-0.25, -0.2) is 0 Å². The van der Waals surface area contributed by atoms with E-state index in [9.17, 15) is 0 Å². The Morgan fingerprint density at radius 3 is 2.20 bits per heavy atom. The molecule has 0 saturated heterocycles. The van der Waals surface area contributed by atoms with Crippen molar-refractivity contribution in [3.05, 3.63) is 82.9 Å². The minimum atomic E-state index is 0.0430. The first kappa shape index (κ1) is 11.9. The van der Waals surface area contributed by atoms with Gasteiger partial charge in [0.15, 0.2) is 0 Å². The number of allylic oxidation sites excluding steroid dienone is 1. The molecule has 100 valence electrons. The molecule has 3 aliphatic carbocycles. The highest BCUT2D eigenvalue weighted by Crippen LogP contribution is 2.56. The summed E-state index contributed by atoms with van der Waals surface area (Å²) in [5, 5.41) is 0. The Morgan fingerprint density at radius 1 is 1.00 bits per heavy atom. The van der Waals surface area contributed by atoms with E-state index in [1.807, 2.05) is 0 Å². The molecule has 20 heavy (non-hydrogen) atoms. The van der Waals surface area contributed by atoms with Gasteiger partial charge in [0.2, 0.25) is 0 Å². The summed E-state index contributed by atoms with van der Waals surface area (Å²) >= 11 is 0. The third kappa shape index (κ3) is 1.41. The van der Waals surface area contributed by atoms with Gasteiger partial charge < -0.3 is 5.73 Å². The van der Waals surface area contributed by atoms with Crippen LogP contribution in [0.1, 0.15) is 41.0 Å². The molecule has 0 atom stereocenters. The predicted octanol–water partition coefficient (Wildman–Crippen LogP) is 3.73. The van der Waals surface area contributed by atoms with Crippen LogP contribution in [0.5, 0.6) is 0 Å².